The molecule has 1 atom stereocenters. The van der Waals surface area contributed by atoms with Gasteiger partial charge >= 0.3 is 0 Å². The number of phenolic OH excluding ortho intramolecular Hbond substituents is 1. The Morgan fingerprint density at radius 2 is 2.10 bits per heavy atom. The van der Waals surface area contributed by atoms with Gasteiger partial charge in [0, 0.05) is 25.2 Å². The lowest BCUT2D eigenvalue weighted by Crippen LogP contribution is -2.44. The van der Waals surface area contributed by atoms with Crippen LogP contribution < -0.4 is 4.74 Å². The molecule has 2 aliphatic rings. The summed E-state index contributed by atoms with van der Waals surface area (Å²) in [6.45, 7) is 5.45. The number of likely N-dealkylation sites (tertiary alicyclic amines) is 2. The predicted molar refractivity (Wildman–Crippen MR) is 83.7 cm³/mol. The summed E-state index contributed by atoms with van der Waals surface area (Å²) in [6.07, 6.45) is 3.90. The highest BCUT2D eigenvalue weighted by Gasteiger charge is 2.40. The van der Waals surface area contributed by atoms with Crippen molar-refractivity contribution in [1.82, 2.24) is 9.80 Å². The topological polar surface area (TPSA) is 35.9 Å². The van der Waals surface area contributed by atoms with Crippen molar-refractivity contribution >= 4 is 0 Å². The van der Waals surface area contributed by atoms with E-state index >= 15 is 0 Å². The smallest absolute Gasteiger partial charge is 0.127 e. The minimum atomic E-state index is 0.345. The fraction of sp³-hybridized carbons (Fsp3) is 0.647. The summed E-state index contributed by atoms with van der Waals surface area (Å²) in [5, 5.41) is 10.1. The third-order valence-corrected chi connectivity index (χ3v) is 5.08. The van der Waals surface area contributed by atoms with E-state index in [-0.39, 0.29) is 0 Å². The van der Waals surface area contributed by atoms with E-state index < -0.39 is 0 Å². The second-order valence-corrected chi connectivity index (χ2v) is 6.76. The molecule has 1 aromatic carbocycles. The van der Waals surface area contributed by atoms with Crippen LogP contribution in [-0.4, -0.2) is 55.2 Å². The molecule has 116 valence electrons. The maximum atomic E-state index is 10.1. The Morgan fingerprint density at radius 1 is 1.24 bits per heavy atom. The average molecular weight is 290 g/mol. The molecule has 0 aromatic heterocycles. The lowest BCUT2D eigenvalue weighted by Gasteiger charge is -2.40. The van der Waals surface area contributed by atoms with E-state index in [1.807, 2.05) is 12.1 Å². The summed E-state index contributed by atoms with van der Waals surface area (Å²) in [5.41, 5.74) is 1.38. The zero-order chi connectivity index (χ0) is 14.9. The Hall–Kier alpha value is -1.26. The van der Waals surface area contributed by atoms with Crippen molar-refractivity contribution < 1.29 is 9.84 Å². The highest BCUT2D eigenvalue weighted by atomic mass is 16.5. The zero-order valence-corrected chi connectivity index (χ0v) is 13.1. The molecule has 3 rings (SSSR count). The van der Waals surface area contributed by atoms with Crippen LogP contribution in [0.3, 0.4) is 0 Å². The van der Waals surface area contributed by atoms with E-state index in [0.717, 1.165) is 30.9 Å². The van der Waals surface area contributed by atoms with Crippen LogP contribution in [0, 0.1) is 5.41 Å². The van der Waals surface area contributed by atoms with Gasteiger partial charge in [0.1, 0.15) is 11.5 Å². The molecular weight excluding hydrogens is 264 g/mol. The van der Waals surface area contributed by atoms with Gasteiger partial charge in [-0.1, -0.05) is 6.07 Å². The van der Waals surface area contributed by atoms with Crippen LogP contribution in [-0.2, 0) is 6.54 Å². The molecule has 2 heterocycles. The lowest BCUT2D eigenvalue weighted by atomic mass is 9.79. The Bertz CT molecular complexity index is 502. The quantitative estimate of drug-likeness (QED) is 0.927. The fourth-order valence-corrected chi connectivity index (χ4v) is 4.06. The fourth-order valence-electron chi connectivity index (χ4n) is 4.06. The summed E-state index contributed by atoms with van der Waals surface area (Å²) in [6, 6.07) is 5.51. The molecule has 4 nitrogen and oxygen atoms in total. The van der Waals surface area contributed by atoms with Gasteiger partial charge in [-0.3, -0.25) is 4.90 Å². The van der Waals surface area contributed by atoms with Gasteiger partial charge in [0.15, 0.2) is 0 Å². The van der Waals surface area contributed by atoms with Gasteiger partial charge in [-0.2, -0.15) is 0 Å². The SMILES string of the molecule is COc1cccc(O)c1CN1CCC[C@@]2(CCN(C)C2)C1. The van der Waals surface area contributed by atoms with E-state index in [2.05, 4.69) is 16.8 Å². The van der Waals surface area contributed by atoms with E-state index in [4.69, 9.17) is 4.74 Å². The Balaban J connectivity index is 1.73. The van der Waals surface area contributed by atoms with Crippen molar-refractivity contribution in [3.63, 3.8) is 0 Å². The number of piperidine rings is 1. The molecule has 21 heavy (non-hydrogen) atoms. The van der Waals surface area contributed by atoms with Crippen LogP contribution in [0.25, 0.3) is 0 Å². The summed E-state index contributed by atoms with van der Waals surface area (Å²) >= 11 is 0. The first kappa shape index (κ1) is 14.7. The number of benzene rings is 1. The van der Waals surface area contributed by atoms with Gasteiger partial charge in [-0.05, 0) is 56.9 Å². The minimum Gasteiger partial charge on any atom is -0.507 e. The number of phenols is 1. The standard InChI is InChI=1S/C17H26N2O2/c1-18-10-8-17(12-18)7-4-9-19(13-17)11-14-15(20)5-3-6-16(14)21-2/h3,5-6,20H,4,7-13H2,1-2H3/t17-/m0/s1. The first-order valence-electron chi connectivity index (χ1n) is 7.88. The van der Waals surface area contributed by atoms with Crippen molar-refractivity contribution in [2.75, 3.05) is 40.3 Å². The maximum Gasteiger partial charge on any atom is 0.127 e. The predicted octanol–water partition coefficient (Wildman–Crippen LogP) is 2.32. The molecule has 0 unspecified atom stereocenters. The van der Waals surface area contributed by atoms with Crippen molar-refractivity contribution in [3.8, 4) is 11.5 Å². The van der Waals surface area contributed by atoms with Crippen LogP contribution in [0.4, 0.5) is 0 Å². The van der Waals surface area contributed by atoms with Crippen LogP contribution in [0.2, 0.25) is 0 Å². The Kier molecular flexibility index (Phi) is 4.09. The van der Waals surface area contributed by atoms with E-state index in [0.29, 0.717) is 11.2 Å². The van der Waals surface area contributed by atoms with Gasteiger partial charge in [-0.25, -0.2) is 0 Å². The molecule has 1 aromatic rings. The number of methoxy groups -OCH3 is 1. The molecule has 2 fully saturated rings. The second-order valence-electron chi connectivity index (χ2n) is 6.76. The van der Waals surface area contributed by atoms with E-state index in [1.165, 1.54) is 32.4 Å². The molecule has 1 N–H and O–H groups in total. The summed E-state index contributed by atoms with van der Waals surface area (Å²) in [7, 11) is 3.89. The number of ether oxygens (including phenoxy) is 1. The van der Waals surface area contributed by atoms with Crippen LogP contribution >= 0.6 is 0 Å². The Morgan fingerprint density at radius 3 is 2.81 bits per heavy atom. The van der Waals surface area contributed by atoms with Crippen LogP contribution in [0.5, 0.6) is 11.5 Å². The molecule has 0 amide bonds. The molecular formula is C17H26N2O2. The molecule has 0 radical (unpaired) electrons. The first-order chi connectivity index (χ1) is 10.1. The van der Waals surface area contributed by atoms with Gasteiger partial charge in [-0.15, -0.1) is 0 Å². The monoisotopic (exact) mass is 290 g/mol. The highest BCUT2D eigenvalue weighted by molar-refractivity contribution is 5.43. The lowest BCUT2D eigenvalue weighted by molar-refractivity contribution is 0.0886. The Labute approximate surface area is 127 Å². The zero-order valence-electron chi connectivity index (χ0n) is 13.1. The van der Waals surface area contributed by atoms with Crippen LogP contribution in [0.1, 0.15) is 24.8 Å². The van der Waals surface area contributed by atoms with E-state index in [1.54, 1.807) is 13.2 Å². The molecule has 0 bridgehead atoms. The largest absolute Gasteiger partial charge is 0.507 e. The molecule has 0 aliphatic carbocycles. The van der Waals surface area contributed by atoms with Crippen molar-refractivity contribution in [1.29, 1.82) is 0 Å². The first-order valence-corrected chi connectivity index (χ1v) is 7.88. The average Bonchev–Trinajstić information content (AvgIpc) is 2.82. The normalized spacial score (nSPS) is 27.3. The van der Waals surface area contributed by atoms with Gasteiger partial charge in [0.25, 0.3) is 0 Å². The number of hydrogen-bond acceptors (Lipinski definition) is 4. The molecule has 2 saturated heterocycles. The van der Waals surface area contributed by atoms with Gasteiger partial charge < -0.3 is 14.7 Å². The summed E-state index contributed by atoms with van der Waals surface area (Å²) < 4.78 is 5.41. The van der Waals surface area contributed by atoms with E-state index in [9.17, 15) is 5.11 Å². The third kappa shape index (κ3) is 3.01. The highest BCUT2D eigenvalue weighted by Crippen LogP contribution is 2.39. The van der Waals surface area contributed by atoms with Gasteiger partial charge in [0.05, 0.1) is 7.11 Å². The number of hydrogen-bond donors (Lipinski definition) is 1. The summed E-state index contributed by atoms with van der Waals surface area (Å²) in [4.78, 5) is 4.93. The number of nitrogens with zero attached hydrogens (tertiary/aromatic N) is 2. The molecule has 1 spiro atoms. The van der Waals surface area contributed by atoms with Crippen molar-refractivity contribution in [2.24, 2.45) is 5.41 Å². The molecule has 4 heteroatoms. The molecule has 0 saturated carbocycles. The third-order valence-electron chi connectivity index (χ3n) is 5.08. The van der Waals surface area contributed by atoms with Gasteiger partial charge in [0.2, 0.25) is 0 Å². The summed E-state index contributed by atoms with van der Waals surface area (Å²) in [5.74, 6) is 1.13. The number of rotatable bonds is 3. The van der Waals surface area contributed by atoms with Crippen molar-refractivity contribution in [3.05, 3.63) is 23.8 Å². The molecule has 2 aliphatic heterocycles. The number of aromatic hydroxyl groups is 1. The van der Waals surface area contributed by atoms with Crippen LogP contribution in [0.15, 0.2) is 18.2 Å². The maximum absolute atomic E-state index is 10.1. The minimum absolute atomic E-state index is 0.345. The second kappa shape index (κ2) is 5.85. The van der Waals surface area contributed by atoms with Crippen molar-refractivity contribution in [2.45, 2.75) is 25.8 Å².